The number of hydrogen-bond acceptors (Lipinski definition) is 9. The van der Waals surface area contributed by atoms with Crippen molar-refractivity contribution >= 4 is 26.0 Å². The topological polar surface area (TPSA) is 160 Å². The molecule has 42 heavy (non-hydrogen) atoms. The highest BCUT2D eigenvalue weighted by atomic mass is 28.4. The lowest BCUT2D eigenvalue weighted by atomic mass is 10.1. The average molecular weight is 603 g/mol. The average Bonchev–Trinajstić information content (AvgIpc) is 3.34. The molecule has 1 fully saturated rings. The van der Waals surface area contributed by atoms with Crippen molar-refractivity contribution in [2.24, 2.45) is 0 Å². The van der Waals surface area contributed by atoms with Crippen molar-refractivity contribution in [3.63, 3.8) is 0 Å². The van der Waals surface area contributed by atoms with E-state index in [0.717, 1.165) is 4.90 Å². The molecule has 3 heterocycles. The summed E-state index contributed by atoms with van der Waals surface area (Å²) in [6.07, 6.45) is -2.60. The molecule has 14 heteroatoms. The van der Waals surface area contributed by atoms with Gasteiger partial charge in [-0.25, -0.2) is 4.79 Å². The maximum atomic E-state index is 12.7. The summed E-state index contributed by atoms with van der Waals surface area (Å²) in [7, 11) is -0.886. The van der Waals surface area contributed by atoms with Crippen LogP contribution in [0.15, 0.2) is 46.1 Å². The van der Waals surface area contributed by atoms with Gasteiger partial charge in [-0.1, -0.05) is 32.9 Å². The number of carbonyl (C=O) groups excluding carboxylic acids is 3. The molecule has 1 saturated heterocycles. The molecule has 1 unspecified atom stereocenters. The molecule has 2 aliphatic heterocycles. The number of likely N-dealkylation sites (N-methyl/N-ethyl adjacent to an activating group) is 1. The number of amides is 3. The number of benzene rings is 1. The Kier molecular flexibility index (Phi) is 9.04. The summed E-state index contributed by atoms with van der Waals surface area (Å²) < 4.78 is 19.5. The first-order chi connectivity index (χ1) is 19.6. The fourth-order valence-corrected chi connectivity index (χ4v) is 5.81. The monoisotopic (exact) mass is 602 g/mol. The number of aliphatic hydroxyl groups is 1. The number of H-pyrrole nitrogens is 1. The number of carbonyl (C=O) groups is 3. The summed E-state index contributed by atoms with van der Waals surface area (Å²) in [4.78, 5) is 66.5. The molecule has 2 aromatic rings. The number of aromatic amines is 1. The fraction of sp³-hybridized carbons (Fsp3) is 0.536. The highest BCUT2D eigenvalue weighted by Crippen LogP contribution is 2.41. The van der Waals surface area contributed by atoms with E-state index in [-0.39, 0.29) is 35.9 Å². The fourth-order valence-electron chi connectivity index (χ4n) is 4.52. The van der Waals surface area contributed by atoms with E-state index < -0.39 is 68.4 Å². The summed E-state index contributed by atoms with van der Waals surface area (Å²) in [5.41, 5.74) is -0.703. The predicted molar refractivity (Wildman–Crippen MR) is 154 cm³/mol. The van der Waals surface area contributed by atoms with Gasteiger partial charge in [0.1, 0.15) is 24.9 Å². The van der Waals surface area contributed by atoms with E-state index in [1.54, 1.807) is 24.3 Å². The summed E-state index contributed by atoms with van der Waals surface area (Å²) >= 11 is 0. The third kappa shape index (κ3) is 6.32. The van der Waals surface area contributed by atoms with Crippen LogP contribution in [0.4, 0.5) is 0 Å². The molecule has 228 valence electrons. The van der Waals surface area contributed by atoms with E-state index in [9.17, 15) is 29.1 Å². The molecule has 0 radical (unpaired) electrons. The van der Waals surface area contributed by atoms with Crippen LogP contribution in [0, 0.1) is 0 Å². The van der Waals surface area contributed by atoms with Gasteiger partial charge in [0, 0.05) is 25.9 Å². The molecular weight excluding hydrogens is 564 g/mol. The Morgan fingerprint density at radius 1 is 1.10 bits per heavy atom. The largest absolute Gasteiger partial charge is 0.407 e. The molecule has 4 rings (SSSR count). The quantitative estimate of drug-likeness (QED) is 0.229. The Labute approximate surface area is 244 Å². The van der Waals surface area contributed by atoms with E-state index in [1.165, 1.54) is 28.8 Å². The van der Waals surface area contributed by atoms with Crippen LogP contribution in [0.1, 0.15) is 47.7 Å². The Hall–Kier alpha value is -3.43. The van der Waals surface area contributed by atoms with Gasteiger partial charge in [0.25, 0.3) is 17.4 Å². The Morgan fingerprint density at radius 2 is 1.71 bits per heavy atom. The molecule has 0 bridgehead atoms. The summed E-state index contributed by atoms with van der Waals surface area (Å²) in [6, 6.07) is 7.62. The van der Waals surface area contributed by atoms with E-state index in [4.69, 9.17) is 13.9 Å². The SMILES string of the molecule is CN(CCOC[C@H]1O[C@@H](n2ccc(=O)[nH]c2=O)[C@@H](O[Si](C)(C)C(C)(C)C)C1O)C(=O)CN1C(=O)c2ccccc2C1=O. The van der Waals surface area contributed by atoms with Gasteiger partial charge >= 0.3 is 5.69 Å². The lowest BCUT2D eigenvalue weighted by Crippen LogP contribution is -2.49. The molecule has 4 atom stereocenters. The first kappa shape index (κ1) is 31.5. The van der Waals surface area contributed by atoms with Crippen LogP contribution in [-0.4, -0.2) is 102 Å². The van der Waals surface area contributed by atoms with Crippen LogP contribution < -0.4 is 11.2 Å². The van der Waals surface area contributed by atoms with Crippen molar-refractivity contribution in [1.82, 2.24) is 19.4 Å². The molecule has 1 aromatic carbocycles. The number of aromatic nitrogens is 2. The Morgan fingerprint density at radius 3 is 2.29 bits per heavy atom. The third-order valence-electron chi connectivity index (χ3n) is 8.13. The third-order valence-corrected chi connectivity index (χ3v) is 12.6. The van der Waals surface area contributed by atoms with Crippen molar-refractivity contribution in [1.29, 1.82) is 0 Å². The summed E-state index contributed by atoms with van der Waals surface area (Å²) in [5, 5.41) is 11.0. The smallest absolute Gasteiger partial charge is 0.330 e. The number of fused-ring (bicyclic) bond motifs is 1. The zero-order valence-electron chi connectivity index (χ0n) is 24.7. The standard InChI is InChI=1S/C28H38N4O9Si/c1-28(2,3)42(5,6)41-23-22(35)19(40-26(23)31-12-11-20(33)29-27(31)38)16-39-14-13-30(4)21(34)15-32-24(36)17-9-7-8-10-18(17)25(32)37/h7-12,19,22-23,26,35H,13-16H2,1-6H3,(H,29,33,38)/t19-,22?,23+,26-/m1/s1. The van der Waals surface area contributed by atoms with Crippen molar-refractivity contribution in [3.05, 3.63) is 68.5 Å². The van der Waals surface area contributed by atoms with Gasteiger partial charge in [0.05, 0.1) is 24.3 Å². The lowest BCUT2D eigenvalue weighted by Gasteiger charge is -2.40. The highest BCUT2D eigenvalue weighted by molar-refractivity contribution is 6.74. The first-order valence-corrected chi connectivity index (χ1v) is 16.6. The van der Waals surface area contributed by atoms with E-state index in [1.807, 2.05) is 13.1 Å². The zero-order valence-corrected chi connectivity index (χ0v) is 25.7. The number of nitrogens with zero attached hydrogens (tertiary/aromatic N) is 3. The highest BCUT2D eigenvalue weighted by Gasteiger charge is 2.50. The molecule has 3 amide bonds. The van der Waals surface area contributed by atoms with Gasteiger partial charge < -0.3 is 23.9 Å². The van der Waals surface area contributed by atoms with Gasteiger partial charge in [0.15, 0.2) is 14.5 Å². The van der Waals surface area contributed by atoms with Crippen LogP contribution in [0.3, 0.4) is 0 Å². The van der Waals surface area contributed by atoms with Crippen molar-refractivity contribution < 1.29 is 33.4 Å². The van der Waals surface area contributed by atoms with Crippen LogP contribution >= 0.6 is 0 Å². The molecule has 2 aliphatic rings. The minimum atomic E-state index is -2.42. The second kappa shape index (κ2) is 12.0. The van der Waals surface area contributed by atoms with Gasteiger partial charge in [-0.2, -0.15) is 0 Å². The van der Waals surface area contributed by atoms with Gasteiger partial charge in [-0.15, -0.1) is 0 Å². The van der Waals surface area contributed by atoms with E-state index in [0.29, 0.717) is 0 Å². The number of ether oxygens (including phenoxy) is 2. The molecule has 0 saturated carbocycles. The number of aliphatic hydroxyl groups excluding tert-OH is 1. The summed E-state index contributed by atoms with van der Waals surface area (Å²) in [5.74, 6) is -1.45. The van der Waals surface area contributed by atoms with Crippen LogP contribution in [0.25, 0.3) is 0 Å². The number of imide groups is 1. The second-order valence-electron chi connectivity index (χ2n) is 12.0. The molecule has 1 aromatic heterocycles. The van der Waals surface area contributed by atoms with Gasteiger partial charge in [-0.3, -0.25) is 33.6 Å². The number of nitrogens with one attached hydrogen (secondary N) is 1. The normalized spacial score (nSPS) is 22.5. The molecule has 2 N–H and O–H groups in total. The predicted octanol–water partition coefficient (Wildman–Crippen LogP) is 0.957. The maximum Gasteiger partial charge on any atom is 0.330 e. The van der Waals surface area contributed by atoms with Crippen LogP contribution in [0.5, 0.6) is 0 Å². The van der Waals surface area contributed by atoms with Crippen LogP contribution in [0.2, 0.25) is 18.1 Å². The Bertz CT molecular complexity index is 1430. The molecule has 13 nitrogen and oxygen atoms in total. The maximum absolute atomic E-state index is 12.7. The van der Waals surface area contributed by atoms with Crippen molar-refractivity contribution in [3.8, 4) is 0 Å². The van der Waals surface area contributed by atoms with E-state index in [2.05, 4.69) is 25.8 Å². The van der Waals surface area contributed by atoms with Crippen molar-refractivity contribution in [2.75, 3.05) is 33.4 Å². The minimum absolute atomic E-state index is 0.0619. The Balaban J connectivity index is 1.35. The first-order valence-electron chi connectivity index (χ1n) is 13.7. The van der Waals surface area contributed by atoms with Gasteiger partial charge in [0.2, 0.25) is 5.91 Å². The minimum Gasteiger partial charge on any atom is -0.407 e. The molecule has 0 aliphatic carbocycles. The zero-order chi connectivity index (χ0) is 31.0. The molecular formula is C28H38N4O9Si. The lowest BCUT2D eigenvalue weighted by molar-refractivity contribution is -0.131. The van der Waals surface area contributed by atoms with Gasteiger partial charge in [-0.05, 0) is 30.3 Å². The molecule has 0 spiro atoms. The van der Waals surface area contributed by atoms with E-state index >= 15 is 0 Å². The van der Waals surface area contributed by atoms with Crippen molar-refractivity contribution in [2.45, 2.75) is 63.4 Å². The number of hydrogen-bond donors (Lipinski definition) is 2. The number of rotatable bonds is 10. The second-order valence-corrected chi connectivity index (χ2v) is 16.8. The summed E-state index contributed by atoms with van der Waals surface area (Å²) in [6.45, 7) is 9.96. The van der Waals surface area contributed by atoms with Crippen LogP contribution in [-0.2, 0) is 18.7 Å².